The van der Waals surface area contributed by atoms with Gasteiger partial charge in [-0.15, -0.1) is 0 Å². The van der Waals surface area contributed by atoms with Gasteiger partial charge in [-0.1, -0.05) is 23.4 Å². The molecule has 0 aliphatic heterocycles. The predicted molar refractivity (Wildman–Crippen MR) is 105 cm³/mol. The zero-order valence-electron chi connectivity index (χ0n) is 15.0. The summed E-state index contributed by atoms with van der Waals surface area (Å²) < 4.78 is 18.3. The Labute approximate surface area is 161 Å². The van der Waals surface area contributed by atoms with Crippen molar-refractivity contribution in [2.24, 2.45) is 0 Å². The lowest BCUT2D eigenvalue weighted by Gasteiger charge is -2.06. The van der Waals surface area contributed by atoms with Crippen molar-refractivity contribution in [1.29, 1.82) is 0 Å². The van der Waals surface area contributed by atoms with E-state index in [2.05, 4.69) is 20.4 Å². The van der Waals surface area contributed by atoms with E-state index < -0.39 is 0 Å². The second-order valence-electron chi connectivity index (χ2n) is 6.33. The van der Waals surface area contributed by atoms with Gasteiger partial charge in [-0.05, 0) is 41.5 Å². The van der Waals surface area contributed by atoms with Crippen LogP contribution < -0.4 is 11.1 Å². The lowest BCUT2D eigenvalue weighted by atomic mass is 10.1. The molecule has 140 valence electrons. The van der Waals surface area contributed by atoms with Crippen LogP contribution in [0.1, 0.15) is 16.8 Å². The molecule has 3 heterocycles. The number of pyridine rings is 2. The summed E-state index contributed by atoms with van der Waals surface area (Å²) in [5, 5.41) is 7.32. The fourth-order valence-corrected chi connectivity index (χ4v) is 2.79. The third-order valence-corrected chi connectivity index (χ3v) is 4.26. The molecule has 7 heteroatoms. The van der Waals surface area contributed by atoms with Crippen molar-refractivity contribution in [2.45, 2.75) is 13.0 Å². The minimum Gasteiger partial charge on any atom is -0.383 e. The monoisotopic (exact) mass is 375 g/mol. The Kier molecular flexibility index (Phi) is 4.97. The average molecular weight is 375 g/mol. The van der Waals surface area contributed by atoms with Gasteiger partial charge in [0.05, 0.1) is 11.3 Å². The largest absolute Gasteiger partial charge is 0.383 e. The van der Waals surface area contributed by atoms with Crippen molar-refractivity contribution in [2.75, 3.05) is 11.1 Å². The van der Waals surface area contributed by atoms with E-state index in [0.717, 1.165) is 28.2 Å². The smallest absolute Gasteiger partial charge is 0.170 e. The van der Waals surface area contributed by atoms with E-state index in [-0.39, 0.29) is 5.82 Å². The lowest BCUT2D eigenvalue weighted by Crippen LogP contribution is -2.01. The van der Waals surface area contributed by atoms with E-state index in [9.17, 15) is 4.39 Å². The van der Waals surface area contributed by atoms with E-state index in [1.807, 2.05) is 24.3 Å². The van der Waals surface area contributed by atoms with Gasteiger partial charge >= 0.3 is 0 Å². The first-order valence-corrected chi connectivity index (χ1v) is 8.77. The van der Waals surface area contributed by atoms with Crippen molar-refractivity contribution in [1.82, 2.24) is 15.1 Å². The number of anilines is 2. The molecule has 0 aliphatic rings. The highest BCUT2D eigenvalue weighted by atomic mass is 19.1. The summed E-state index contributed by atoms with van der Waals surface area (Å²) in [5.74, 6) is 1.50. The highest BCUT2D eigenvalue weighted by Gasteiger charge is 2.11. The average Bonchev–Trinajstić information content (AvgIpc) is 3.17. The molecule has 0 amide bonds. The molecule has 4 aromatic rings. The van der Waals surface area contributed by atoms with Gasteiger partial charge in [-0.25, -0.2) is 14.4 Å². The second kappa shape index (κ2) is 7.87. The van der Waals surface area contributed by atoms with Crippen LogP contribution in [0.15, 0.2) is 71.5 Å². The van der Waals surface area contributed by atoms with Gasteiger partial charge in [0.25, 0.3) is 0 Å². The van der Waals surface area contributed by atoms with Crippen molar-refractivity contribution in [3.8, 4) is 11.3 Å². The molecular formula is C21H18FN5O. The molecule has 0 saturated carbocycles. The van der Waals surface area contributed by atoms with Gasteiger partial charge in [-0.2, -0.15) is 0 Å². The first kappa shape index (κ1) is 17.7. The zero-order chi connectivity index (χ0) is 19.3. The Morgan fingerprint density at radius 2 is 1.82 bits per heavy atom. The highest BCUT2D eigenvalue weighted by Crippen LogP contribution is 2.25. The van der Waals surface area contributed by atoms with E-state index in [4.69, 9.17) is 10.3 Å². The van der Waals surface area contributed by atoms with Gasteiger partial charge in [-0.3, -0.25) is 0 Å². The quantitative estimate of drug-likeness (QED) is 0.528. The van der Waals surface area contributed by atoms with Gasteiger partial charge in [0.1, 0.15) is 17.5 Å². The number of hydrogen-bond donors (Lipinski definition) is 2. The van der Waals surface area contributed by atoms with Crippen molar-refractivity contribution < 1.29 is 8.91 Å². The summed E-state index contributed by atoms with van der Waals surface area (Å²) in [4.78, 5) is 8.47. The van der Waals surface area contributed by atoms with Crippen LogP contribution in [-0.4, -0.2) is 15.1 Å². The number of benzene rings is 1. The fourth-order valence-electron chi connectivity index (χ4n) is 2.79. The molecule has 28 heavy (non-hydrogen) atoms. The Balaban J connectivity index is 1.38. The molecular weight excluding hydrogens is 357 g/mol. The summed E-state index contributed by atoms with van der Waals surface area (Å²) in [6.07, 6.45) is 4.02. The van der Waals surface area contributed by atoms with E-state index in [1.165, 1.54) is 12.1 Å². The number of hydrogen-bond acceptors (Lipinski definition) is 6. The molecule has 0 bridgehead atoms. The van der Waals surface area contributed by atoms with Crippen LogP contribution in [0.2, 0.25) is 0 Å². The van der Waals surface area contributed by atoms with E-state index in [1.54, 1.807) is 30.6 Å². The van der Waals surface area contributed by atoms with Crippen molar-refractivity contribution >= 4 is 11.6 Å². The SMILES string of the molecule is Nc1ncccc1-c1cc(Cc2ccc(NCc3ccc(F)cc3)nc2)no1. The molecule has 0 saturated heterocycles. The minimum absolute atomic E-state index is 0.242. The summed E-state index contributed by atoms with van der Waals surface area (Å²) in [6, 6.07) is 15.8. The molecule has 6 nitrogen and oxygen atoms in total. The number of aromatic nitrogens is 3. The zero-order valence-corrected chi connectivity index (χ0v) is 15.0. The van der Waals surface area contributed by atoms with Crippen LogP contribution in [0, 0.1) is 5.82 Å². The van der Waals surface area contributed by atoms with Gasteiger partial charge in [0, 0.05) is 31.4 Å². The number of nitrogen functional groups attached to an aromatic ring is 1. The predicted octanol–water partition coefficient (Wildman–Crippen LogP) is 4.06. The van der Waals surface area contributed by atoms with Crippen LogP contribution in [0.4, 0.5) is 16.0 Å². The summed E-state index contributed by atoms with van der Waals surface area (Å²) in [5.41, 5.74) is 9.37. The number of nitrogens with two attached hydrogens (primary N) is 1. The maximum absolute atomic E-state index is 12.9. The van der Waals surface area contributed by atoms with Crippen molar-refractivity contribution in [3.63, 3.8) is 0 Å². The van der Waals surface area contributed by atoms with Gasteiger partial charge < -0.3 is 15.6 Å². The number of nitrogens with zero attached hydrogens (tertiary/aromatic N) is 3. The molecule has 1 aromatic carbocycles. The summed E-state index contributed by atoms with van der Waals surface area (Å²) >= 11 is 0. The number of halogens is 1. The van der Waals surface area contributed by atoms with Crippen LogP contribution >= 0.6 is 0 Å². The molecule has 0 aliphatic carbocycles. The van der Waals surface area contributed by atoms with Crippen LogP contribution in [0.25, 0.3) is 11.3 Å². The molecule has 3 N–H and O–H groups in total. The summed E-state index contributed by atoms with van der Waals surface area (Å²) in [6.45, 7) is 0.575. The van der Waals surface area contributed by atoms with Crippen LogP contribution in [0.5, 0.6) is 0 Å². The standard InChI is InChI=1S/C21H18FN5O/c22-16-6-3-14(4-7-16)12-25-20-8-5-15(13-26-20)10-17-11-19(28-27-17)18-2-1-9-24-21(18)23/h1-9,11,13H,10,12H2,(H2,23,24)(H,25,26). The Morgan fingerprint density at radius 1 is 1.00 bits per heavy atom. The van der Waals surface area contributed by atoms with Crippen LogP contribution in [0.3, 0.4) is 0 Å². The molecule has 0 atom stereocenters. The molecule has 0 spiro atoms. The van der Waals surface area contributed by atoms with Gasteiger partial charge in [0.15, 0.2) is 5.76 Å². The maximum Gasteiger partial charge on any atom is 0.170 e. The highest BCUT2D eigenvalue weighted by molar-refractivity contribution is 5.69. The first-order chi connectivity index (χ1) is 13.7. The third kappa shape index (κ3) is 4.15. The molecule has 0 radical (unpaired) electrons. The number of rotatable bonds is 6. The Hall–Kier alpha value is -3.74. The lowest BCUT2D eigenvalue weighted by molar-refractivity contribution is 0.425. The van der Waals surface area contributed by atoms with E-state index >= 15 is 0 Å². The molecule has 0 fully saturated rings. The van der Waals surface area contributed by atoms with Crippen molar-refractivity contribution in [3.05, 3.63) is 89.6 Å². The molecule has 3 aromatic heterocycles. The van der Waals surface area contributed by atoms with Crippen LogP contribution in [-0.2, 0) is 13.0 Å². The maximum atomic E-state index is 12.9. The normalized spacial score (nSPS) is 10.8. The molecule has 0 unspecified atom stereocenters. The fraction of sp³-hybridized carbons (Fsp3) is 0.0952. The number of nitrogens with one attached hydrogen (secondary N) is 1. The second-order valence-corrected chi connectivity index (χ2v) is 6.33. The molecule has 4 rings (SSSR count). The Morgan fingerprint density at radius 3 is 2.57 bits per heavy atom. The first-order valence-electron chi connectivity index (χ1n) is 8.77. The topological polar surface area (TPSA) is 89.9 Å². The van der Waals surface area contributed by atoms with Gasteiger partial charge in [0.2, 0.25) is 0 Å². The van der Waals surface area contributed by atoms with E-state index in [0.29, 0.717) is 24.5 Å². The Bertz CT molecular complexity index is 1060. The third-order valence-electron chi connectivity index (χ3n) is 4.26. The summed E-state index contributed by atoms with van der Waals surface area (Å²) in [7, 11) is 0. The minimum atomic E-state index is -0.242.